The average Bonchev–Trinajstić information content (AvgIpc) is 3.27. The third kappa shape index (κ3) is 6.66. The number of benzene rings is 3. The van der Waals surface area contributed by atoms with E-state index in [0.29, 0.717) is 16.5 Å². The summed E-state index contributed by atoms with van der Waals surface area (Å²) in [5.74, 6) is -0.0234. The third-order valence-electron chi connectivity index (χ3n) is 7.51. The number of halogens is 3. The monoisotopic (exact) mass is 567 g/mol. The number of allylic oxidation sites excluding steroid dienone is 1. The second-order valence-corrected chi connectivity index (χ2v) is 11.1. The summed E-state index contributed by atoms with van der Waals surface area (Å²) in [4.78, 5) is 13.6. The molecule has 1 N–H and O–H groups in total. The van der Waals surface area contributed by atoms with Gasteiger partial charge in [-0.15, -0.1) is 0 Å². The molecule has 0 aromatic heterocycles. The predicted molar refractivity (Wildman–Crippen MR) is 156 cm³/mol. The Hall–Kier alpha value is -2.86. The lowest BCUT2D eigenvalue weighted by molar-refractivity contribution is -0.136. The fourth-order valence-electron chi connectivity index (χ4n) is 5.73. The number of fused-ring (bicyclic) bond motifs is 1. The van der Waals surface area contributed by atoms with Crippen molar-refractivity contribution in [3.05, 3.63) is 98.5 Å². The van der Waals surface area contributed by atoms with Crippen LogP contribution in [0.15, 0.2) is 60.7 Å². The lowest BCUT2D eigenvalue weighted by atomic mass is 9.87. The first-order chi connectivity index (χ1) is 18.9. The van der Waals surface area contributed by atoms with Gasteiger partial charge in [0.2, 0.25) is 0 Å². The molecule has 2 aliphatic rings. The third-order valence-corrected chi connectivity index (χ3v) is 8.06. The van der Waals surface area contributed by atoms with Crippen molar-refractivity contribution in [2.45, 2.75) is 44.6 Å². The van der Waals surface area contributed by atoms with Gasteiger partial charge in [-0.05, 0) is 95.3 Å². The molecule has 1 heterocycles. The summed E-state index contributed by atoms with van der Waals surface area (Å²) in [5, 5.41) is 10.5. The summed E-state index contributed by atoms with van der Waals surface area (Å²) < 4.78 is 18.8. The summed E-state index contributed by atoms with van der Waals surface area (Å²) >= 11 is 12.9. The average molecular weight is 569 g/mol. The Labute approximate surface area is 239 Å². The molecule has 1 atom stereocenters. The minimum atomic E-state index is -0.837. The van der Waals surface area contributed by atoms with E-state index >= 15 is 0 Å². The SMILES string of the molecule is O=C(O)Cc1ccc2c(c1)CCCC(c1ccc(Cl)cc1Cl)=C2c1ccc(O[C@H]2CCN(CCCF)C2)cc1. The molecule has 1 aliphatic carbocycles. The summed E-state index contributed by atoms with van der Waals surface area (Å²) in [5.41, 5.74) is 7.29. The van der Waals surface area contributed by atoms with Crippen molar-refractivity contribution in [3.63, 3.8) is 0 Å². The number of hydrogen-bond acceptors (Lipinski definition) is 3. The highest BCUT2D eigenvalue weighted by Crippen LogP contribution is 2.42. The highest BCUT2D eigenvalue weighted by molar-refractivity contribution is 6.36. The number of nitrogens with zero attached hydrogens (tertiary/aromatic N) is 1. The van der Waals surface area contributed by atoms with Crippen LogP contribution in [0.4, 0.5) is 4.39 Å². The molecule has 1 fully saturated rings. The van der Waals surface area contributed by atoms with E-state index in [0.717, 1.165) is 90.0 Å². The first-order valence-electron chi connectivity index (χ1n) is 13.5. The number of alkyl halides is 1. The Morgan fingerprint density at radius 1 is 1.03 bits per heavy atom. The van der Waals surface area contributed by atoms with E-state index in [1.54, 1.807) is 6.07 Å². The predicted octanol–water partition coefficient (Wildman–Crippen LogP) is 7.73. The van der Waals surface area contributed by atoms with E-state index < -0.39 is 5.97 Å². The molecule has 0 bridgehead atoms. The van der Waals surface area contributed by atoms with Gasteiger partial charge in [-0.25, -0.2) is 0 Å². The zero-order valence-corrected chi connectivity index (χ0v) is 23.3. The molecule has 39 heavy (non-hydrogen) atoms. The summed E-state index contributed by atoms with van der Waals surface area (Å²) in [6.45, 7) is 2.24. The van der Waals surface area contributed by atoms with Gasteiger partial charge in [0.05, 0.1) is 13.1 Å². The molecular formula is C32H32Cl2FNO3. The number of rotatable bonds is 9. The van der Waals surface area contributed by atoms with Gasteiger partial charge in [0.25, 0.3) is 0 Å². The fraction of sp³-hybridized carbons (Fsp3) is 0.344. The van der Waals surface area contributed by atoms with Crippen molar-refractivity contribution in [1.29, 1.82) is 0 Å². The first-order valence-corrected chi connectivity index (χ1v) is 14.2. The Morgan fingerprint density at radius 3 is 2.56 bits per heavy atom. The standard InChI is InChI=1S/C32H32Cl2FNO3/c33-24-8-12-28(30(34)19-24)29-4-1-3-23-17-21(18-31(37)38)5-11-27(23)32(29)22-6-9-25(10-7-22)39-26-13-16-36(20-26)15-2-14-35/h5-12,17,19,26H,1-4,13-16,18,20H2,(H,37,38)/t26-/m0/s1. The summed E-state index contributed by atoms with van der Waals surface area (Å²) in [7, 11) is 0. The van der Waals surface area contributed by atoms with Gasteiger partial charge in [-0.3, -0.25) is 14.1 Å². The van der Waals surface area contributed by atoms with E-state index in [4.69, 9.17) is 27.9 Å². The van der Waals surface area contributed by atoms with Gasteiger partial charge in [0, 0.05) is 29.7 Å². The number of ether oxygens (including phenoxy) is 1. The van der Waals surface area contributed by atoms with Crippen LogP contribution in [0.5, 0.6) is 5.75 Å². The van der Waals surface area contributed by atoms with Crippen molar-refractivity contribution < 1.29 is 19.0 Å². The number of carboxylic acids is 1. The van der Waals surface area contributed by atoms with Crippen LogP contribution in [0, 0.1) is 0 Å². The van der Waals surface area contributed by atoms with E-state index in [1.165, 1.54) is 0 Å². The van der Waals surface area contributed by atoms with Gasteiger partial charge in [-0.2, -0.15) is 0 Å². The molecule has 0 amide bonds. The molecule has 0 radical (unpaired) electrons. The number of likely N-dealkylation sites (tertiary alicyclic amines) is 1. The van der Waals surface area contributed by atoms with Crippen molar-refractivity contribution in [2.75, 3.05) is 26.3 Å². The zero-order chi connectivity index (χ0) is 27.4. The zero-order valence-electron chi connectivity index (χ0n) is 21.8. The molecule has 1 saturated heterocycles. The smallest absolute Gasteiger partial charge is 0.307 e. The lowest BCUT2D eigenvalue weighted by Gasteiger charge is -2.19. The van der Waals surface area contributed by atoms with Crippen LogP contribution in [0.3, 0.4) is 0 Å². The molecule has 4 nitrogen and oxygen atoms in total. The van der Waals surface area contributed by atoms with Gasteiger partial charge in [-0.1, -0.05) is 59.6 Å². The van der Waals surface area contributed by atoms with Crippen molar-refractivity contribution in [2.24, 2.45) is 0 Å². The maximum absolute atomic E-state index is 12.5. The van der Waals surface area contributed by atoms with Crippen LogP contribution in [-0.2, 0) is 17.6 Å². The van der Waals surface area contributed by atoms with Crippen molar-refractivity contribution >= 4 is 40.3 Å². The molecule has 1 aliphatic heterocycles. The Kier molecular flexibility index (Phi) is 8.91. The molecule has 5 rings (SSSR count). The van der Waals surface area contributed by atoms with Crippen LogP contribution >= 0.6 is 23.2 Å². The minimum absolute atomic E-state index is 0.000601. The Morgan fingerprint density at radius 2 is 1.82 bits per heavy atom. The fourth-order valence-corrected chi connectivity index (χ4v) is 6.25. The number of aryl methyl sites for hydroxylation is 1. The Bertz CT molecular complexity index is 1370. The van der Waals surface area contributed by atoms with E-state index in [9.17, 15) is 14.3 Å². The summed E-state index contributed by atoms with van der Waals surface area (Å²) in [6, 6.07) is 19.8. The normalized spacial score (nSPS) is 17.7. The summed E-state index contributed by atoms with van der Waals surface area (Å²) in [6.07, 6.45) is 4.20. The molecule has 3 aromatic rings. The van der Waals surface area contributed by atoms with E-state index in [-0.39, 0.29) is 19.2 Å². The number of carbonyl (C=O) groups is 1. The molecule has 0 unspecified atom stereocenters. The molecule has 0 saturated carbocycles. The van der Waals surface area contributed by atoms with Gasteiger partial charge in [0.15, 0.2) is 0 Å². The van der Waals surface area contributed by atoms with Crippen molar-refractivity contribution in [3.8, 4) is 5.75 Å². The molecular weight excluding hydrogens is 536 g/mol. The molecule has 204 valence electrons. The first kappa shape index (κ1) is 27.7. The largest absolute Gasteiger partial charge is 0.489 e. The minimum Gasteiger partial charge on any atom is -0.489 e. The molecule has 7 heteroatoms. The van der Waals surface area contributed by atoms with Crippen LogP contribution in [-0.4, -0.2) is 48.4 Å². The topological polar surface area (TPSA) is 49.8 Å². The van der Waals surface area contributed by atoms with Gasteiger partial charge < -0.3 is 9.84 Å². The van der Waals surface area contributed by atoms with Gasteiger partial charge >= 0.3 is 5.97 Å². The molecule has 0 spiro atoms. The number of aliphatic carboxylic acids is 1. The maximum atomic E-state index is 12.5. The van der Waals surface area contributed by atoms with Crippen LogP contribution in [0.25, 0.3) is 11.1 Å². The highest BCUT2D eigenvalue weighted by Gasteiger charge is 2.25. The number of hydrogen-bond donors (Lipinski definition) is 1. The van der Waals surface area contributed by atoms with E-state index in [1.807, 2.05) is 42.5 Å². The molecule has 3 aromatic carbocycles. The second-order valence-electron chi connectivity index (χ2n) is 10.3. The quantitative estimate of drug-likeness (QED) is 0.287. The second kappa shape index (κ2) is 12.5. The lowest BCUT2D eigenvalue weighted by Crippen LogP contribution is -2.26. The van der Waals surface area contributed by atoms with E-state index in [2.05, 4.69) is 17.0 Å². The van der Waals surface area contributed by atoms with Crippen molar-refractivity contribution in [1.82, 2.24) is 4.90 Å². The maximum Gasteiger partial charge on any atom is 0.307 e. The Balaban J connectivity index is 1.50. The number of carboxylic acid groups (broad SMARTS) is 1. The van der Waals surface area contributed by atoms with Crippen LogP contribution in [0.1, 0.15) is 53.5 Å². The van der Waals surface area contributed by atoms with Gasteiger partial charge in [0.1, 0.15) is 11.9 Å². The van der Waals surface area contributed by atoms with Crippen LogP contribution in [0.2, 0.25) is 10.0 Å². The van der Waals surface area contributed by atoms with Crippen LogP contribution < -0.4 is 4.74 Å². The highest BCUT2D eigenvalue weighted by atomic mass is 35.5.